The summed E-state index contributed by atoms with van der Waals surface area (Å²) < 4.78 is 0. The molecule has 1 saturated carbocycles. The van der Waals surface area contributed by atoms with Crippen LogP contribution in [0.2, 0.25) is 0 Å². The molecule has 0 unspecified atom stereocenters. The lowest BCUT2D eigenvalue weighted by molar-refractivity contribution is 0.490. The molecule has 60 valence electrons. The van der Waals surface area contributed by atoms with Crippen LogP contribution in [0.1, 0.15) is 19.3 Å². The first-order chi connectivity index (χ1) is 4.86. The molecule has 0 bridgehead atoms. The van der Waals surface area contributed by atoms with Gasteiger partial charge in [0.1, 0.15) is 0 Å². The fourth-order valence-electron chi connectivity index (χ4n) is 1.81. The average molecular weight is 142 g/mol. The lowest BCUT2D eigenvalue weighted by Crippen LogP contribution is -2.23. The van der Waals surface area contributed by atoms with Crippen molar-refractivity contribution in [2.45, 2.75) is 25.3 Å². The van der Waals surface area contributed by atoms with E-state index in [4.69, 9.17) is 0 Å². The number of rotatable bonds is 3. The molecule has 1 aliphatic carbocycles. The van der Waals surface area contributed by atoms with E-state index in [1.54, 1.807) is 0 Å². The van der Waals surface area contributed by atoms with Gasteiger partial charge in [0, 0.05) is 6.04 Å². The summed E-state index contributed by atoms with van der Waals surface area (Å²) in [7, 11) is 4.10. The van der Waals surface area contributed by atoms with Crippen molar-refractivity contribution in [1.82, 2.24) is 10.6 Å². The van der Waals surface area contributed by atoms with Crippen LogP contribution in [-0.2, 0) is 0 Å². The molecule has 2 heteroatoms. The molecule has 0 aromatic heterocycles. The Bertz CT molecular complexity index is 93.3. The highest BCUT2D eigenvalue weighted by molar-refractivity contribution is 4.80. The third kappa shape index (κ3) is 1.96. The fraction of sp³-hybridized carbons (Fsp3) is 1.00. The van der Waals surface area contributed by atoms with Gasteiger partial charge >= 0.3 is 0 Å². The van der Waals surface area contributed by atoms with Gasteiger partial charge in [0.25, 0.3) is 0 Å². The standard InChI is InChI=1S/C8H18N2/c1-9-6-7-3-4-8(5-7)10-2/h7-10H,3-6H2,1-2H3/t7-,8+/m1/s1. The summed E-state index contributed by atoms with van der Waals surface area (Å²) >= 11 is 0. The lowest BCUT2D eigenvalue weighted by atomic mass is 10.1. The van der Waals surface area contributed by atoms with Gasteiger partial charge in [-0.25, -0.2) is 0 Å². The highest BCUT2D eigenvalue weighted by atomic mass is 14.9. The molecule has 0 aromatic carbocycles. The quantitative estimate of drug-likeness (QED) is 0.603. The molecule has 0 aliphatic heterocycles. The van der Waals surface area contributed by atoms with Crippen LogP contribution in [0, 0.1) is 5.92 Å². The van der Waals surface area contributed by atoms with Gasteiger partial charge in [-0.2, -0.15) is 0 Å². The zero-order valence-electron chi connectivity index (χ0n) is 6.98. The van der Waals surface area contributed by atoms with E-state index in [0.717, 1.165) is 12.0 Å². The van der Waals surface area contributed by atoms with Crippen molar-refractivity contribution in [2.75, 3.05) is 20.6 Å². The van der Waals surface area contributed by atoms with Crippen LogP contribution < -0.4 is 10.6 Å². The van der Waals surface area contributed by atoms with Gasteiger partial charge in [0.15, 0.2) is 0 Å². The number of nitrogens with one attached hydrogen (secondary N) is 2. The predicted molar refractivity (Wildman–Crippen MR) is 44.1 cm³/mol. The first-order valence-electron chi connectivity index (χ1n) is 4.18. The van der Waals surface area contributed by atoms with Crippen molar-refractivity contribution in [2.24, 2.45) is 5.92 Å². The summed E-state index contributed by atoms with van der Waals surface area (Å²) in [5.74, 6) is 0.919. The fourth-order valence-corrected chi connectivity index (χ4v) is 1.81. The van der Waals surface area contributed by atoms with E-state index in [1.807, 2.05) is 7.05 Å². The van der Waals surface area contributed by atoms with E-state index in [2.05, 4.69) is 17.7 Å². The molecule has 0 saturated heterocycles. The first-order valence-corrected chi connectivity index (χ1v) is 4.18. The Morgan fingerprint density at radius 3 is 2.60 bits per heavy atom. The van der Waals surface area contributed by atoms with E-state index in [9.17, 15) is 0 Å². The monoisotopic (exact) mass is 142 g/mol. The zero-order chi connectivity index (χ0) is 7.40. The van der Waals surface area contributed by atoms with Crippen LogP contribution in [0.5, 0.6) is 0 Å². The molecule has 2 atom stereocenters. The van der Waals surface area contributed by atoms with E-state index in [-0.39, 0.29) is 0 Å². The third-order valence-electron chi connectivity index (χ3n) is 2.44. The zero-order valence-corrected chi connectivity index (χ0v) is 6.98. The summed E-state index contributed by atoms with van der Waals surface area (Å²) in [6.45, 7) is 1.19. The molecule has 10 heavy (non-hydrogen) atoms. The third-order valence-corrected chi connectivity index (χ3v) is 2.44. The van der Waals surface area contributed by atoms with Gasteiger partial charge in [0.05, 0.1) is 0 Å². The summed E-state index contributed by atoms with van der Waals surface area (Å²) in [4.78, 5) is 0. The summed E-state index contributed by atoms with van der Waals surface area (Å²) in [6.07, 6.45) is 4.12. The number of hydrogen-bond acceptors (Lipinski definition) is 2. The summed E-state index contributed by atoms with van der Waals surface area (Å²) in [5, 5.41) is 6.55. The van der Waals surface area contributed by atoms with Crippen molar-refractivity contribution < 1.29 is 0 Å². The normalized spacial score (nSPS) is 33.0. The Balaban J connectivity index is 2.15. The Hall–Kier alpha value is -0.0800. The minimum absolute atomic E-state index is 0.790. The van der Waals surface area contributed by atoms with Crippen molar-refractivity contribution >= 4 is 0 Å². The molecule has 2 N–H and O–H groups in total. The molecular weight excluding hydrogens is 124 g/mol. The van der Waals surface area contributed by atoms with Crippen molar-refractivity contribution in [3.63, 3.8) is 0 Å². The van der Waals surface area contributed by atoms with E-state index < -0.39 is 0 Å². The van der Waals surface area contributed by atoms with Gasteiger partial charge in [-0.1, -0.05) is 0 Å². The highest BCUT2D eigenvalue weighted by Gasteiger charge is 2.21. The highest BCUT2D eigenvalue weighted by Crippen LogP contribution is 2.24. The molecule has 1 rings (SSSR count). The van der Waals surface area contributed by atoms with Crippen LogP contribution in [0.25, 0.3) is 0 Å². The summed E-state index contributed by atoms with van der Waals surface area (Å²) in [6, 6.07) is 0.790. The predicted octanol–water partition coefficient (Wildman–Crippen LogP) is 0.594. The van der Waals surface area contributed by atoms with Gasteiger partial charge in [-0.3, -0.25) is 0 Å². The molecule has 0 heterocycles. The molecule has 0 amide bonds. The van der Waals surface area contributed by atoms with Gasteiger partial charge in [0.2, 0.25) is 0 Å². The van der Waals surface area contributed by atoms with E-state index in [0.29, 0.717) is 0 Å². The first kappa shape index (κ1) is 8.02. The molecule has 2 nitrogen and oxygen atoms in total. The topological polar surface area (TPSA) is 24.1 Å². The lowest BCUT2D eigenvalue weighted by Gasteiger charge is -2.08. The average Bonchev–Trinajstić information content (AvgIpc) is 2.37. The Labute approximate surface area is 63.4 Å². The van der Waals surface area contributed by atoms with Crippen LogP contribution in [0.3, 0.4) is 0 Å². The maximum Gasteiger partial charge on any atom is 0.00672 e. The van der Waals surface area contributed by atoms with E-state index >= 15 is 0 Å². The van der Waals surface area contributed by atoms with Crippen molar-refractivity contribution in [1.29, 1.82) is 0 Å². The van der Waals surface area contributed by atoms with Crippen LogP contribution in [0.15, 0.2) is 0 Å². The number of hydrogen-bond donors (Lipinski definition) is 2. The van der Waals surface area contributed by atoms with Crippen LogP contribution in [0.4, 0.5) is 0 Å². The van der Waals surface area contributed by atoms with E-state index in [1.165, 1.54) is 25.8 Å². The van der Waals surface area contributed by atoms with Gasteiger partial charge < -0.3 is 10.6 Å². The van der Waals surface area contributed by atoms with Gasteiger partial charge in [-0.05, 0) is 45.8 Å². The SMILES string of the molecule is CNC[C@@H]1CC[C@H](NC)C1. The molecule has 1 fully saturated rings. The minimum atomic E-state index is 0.790. The van der Waals surface area contributed by atoms with Crippen molar-refractivity contribution in [3.05, 3.63) is 0 Å². The maximum absolute atomic E-state index is 3.32. The van der Waals surface area contributed by atoms with Gasteiger partial charge in [-0.15, -0.1) is 0 Å². The summed E-state index contributed by atoms with van der Waals surface area (Å²) in [5.41, 5.74) is 0. The Morgan fingerprint density at radius 2 is 2.10 bits per heavy atom. The smallest absolute Gasteiger partial charge is 0.00672 e. The molecule has 0 spiro atoms. The van der Waals surface area contributed by atoms with Crippen molar-refractivity contribution in [3.8, 4) is 0 Å². The Kier molecular flexibility index (Phi) is 3.16. The second kappa shape index (κ2) is 3.94. The molecule has 0 radical (unpaired) electrons. The minimum Gasteiger partial charge on any atom is -0.319 e. The molecule has 1 aliphatic rings. The van der Waals surface area contributed by atoms with Crippen LogP contribution >= 0.6 is 0 Å². The maximum atomic E-state index is 3.32. The second-order valence-corrected chi connectivity index (χ2v) is 3.22. The Morgan fingerprint density at radius 1 is 1.30 bits per heavy atom. The second-order valence-electron chi connectivity index (χ2n) is 3.22. The largest absolute Gasteiger partial charge is 0.319 e. The van der Waals surface area contributed by atoms with Crippen LogP contribution in [-0.4, -0.2) is 26.7 Å². The molecule has 0 aromatic rings. The molecular formula is C8H18N2.